The van der Waals surface area contributed by atoms with Crippen molar-refractivity contribution in [3.05, 3.63) is 30.0 Å². The molecule has 3 rings (SSSR count). The molecule has 6 heteroatoms. The quantitative estimate of drug-likeness (QED) is 0.888. The van der Waals surface area contributed by atoms with E-state index in [-0.39, 0.29) is 12.1 Å². The van der Waals surface area contributed by atoms with Crippen molar-refractivity contribution in [3.63, 3.8) is 0 Å². The fourth-order valence-corrected chi connectivity index (χ4v) is 3.33. The van der Waals surface area contributed by atoms with Crippen LogP contribution in [-0.2, 0) is 0 Å². The Morgan fingerprint density at radius 2 is 1.88 bits per heavy atom. The van der Waals surface area contributed by atoms with Crippen LogP contribution in [0.1, 0.15) is 38.2 Å². The summed E-state index contributed by atoms with van der Waals surface area (Å²) in [6.45, 7) is 6.31. The number of likely N-dealkylation sites (tertiary alicyclic amines) is 1. The van der Waals surface area contributed by atoms with E-state index in [1.165, 1.54) is 18.4 Å². The first-order valence-electron chi connectivity index (χ1n) is 8.81. The molecule has 1 aliphatic rings. The van der Waals surface area contributed by atoms with Gasteiger partial charge in [-0.3, -0.25) is 0 Å². The van der Waals surface area contributed by atoms with Gasteiger partial charge in [0.15, 0.2) is 0 Å². The van der Waals surface area contributed by atoms with Crippen LogP contribution in [0.2, 0.25) is 0 Å². The average Bonchev–Trinajstić information content (AvgIpc) is 2.55. The second kappa shape index (κ2) is 7.27. The number of hydrogen-bond acceptors (Lipinski definition) is 6. The zero-order chi connectivity index (χ0) is 18.0. The first kappa shape index (κ1) is 17.5. The number of nitrogens with two attached hydrogens (primary N) is 2. The van der Waals surface area contributed by atoms with Gasteiger partial charge in [0.1, 0.15) is 11.6 Å². The molecule has 0 unspecified atom stereocenters. The molecular weight excluding hydrogens is 314 g/mol. The summed E-state index contributed by atoms with van der Waals surface area (Å²) in [6, 6.07) is 6.39. The third-order valence-corrected chi connectivity index (χ3v) is 4.69. The van der Waals surface area contributed by atoms with Crippen molar-refractivity contribution < 1.29 is 4.74 Å². The Balaban J connectivity index is 1.98. The Labute approximate surface area is 149 Å². The van der Waals surface area contributed by atoms with Gasteiger partial charge in [0.2, 0.25) is 5.95 Å². The number of benzene rings is 1. The first-order chi connectivity index (χ1) is 11.9. The molecule has 1 fully saturated rings. The standard InChI is InChI=1S/C19H27N5O/c1-12(2)25-17-10-14(13-6-8-24(3)9-7-13)4-5-15(17)16-11-22-19(21)23-18(16)20/h4-5,10-13H,6-9H2,1-3H3,(H4,20,21,22,23). The average molecular weight is 341 g/mol. The van der Waals surface area contributed by atoms with Crippen LogP contribution in [0.25, 0.3) is 11.1 Å². The summed E-state index contributed by atoms with van der Waals surface area (Å²) in [4.78, 5) is 10.5. The van der Waals surface area contributed by atoms with Crippen molar-refractivity contribution in [1.82, 2.24) is 14.9 Å². The van der Waals surface area contributed by atoms with Crippen LogP contribution in [0.5, 0.6) is 5.75 Å². The molecule has 0 bridgehead atoms. The lowest BCUT2D eigenvalue weighted by Crippen LogP contribution is -2.29. The van der Waals surface area contributed by atoms with Crippen LogP contribution in [0.15, 0.2) is 24.4 Å². The maximum absolute atomic E-state index is 6.08. The summed E-state index contributed by atoms with van der Waals surface area (Å²) in [7, 11) is 2.18. The molecule has 1 aliphatic heterocycles. The van der Waals surface area contributed by atoms with Crippen LogP contribution in [0.3, 0.4) is 0 Å². The van der Waals surface area contributed by atoms with Crippen molar-refractivity contribution in [2.45, 2.75) is 38.7 Å². The summed E-state index contributed by atoms with van der Waals surface area (Å²) < 4.78 is 6.08. The van der Waals surface area contributed by atoms with E-state index in [2.05, 4.69) is 40.1 Å². The van der Waals surface area contributed by atoms with Gasteiger partial charge in [-0.2, -0.15) is 4.98 Å². The molecule has 1 saturated heterocycles. The van der Waals surface area contributed by atoms with Crippen LogP contribution in [0, 0.1) is 0 Å². The van der Waals surface area contributed by atoms with E-state index in [1.54, 1.807) is 6.20 Å². The first-order valence-corrected chi connectivity index (χ1v) is 8.81. The number of ether oxygens (including phenoxy) is 1. The molecule has 0 saturated carbocycles. The summed E-state index contributed by atoms with van der Waals surface area (Å²) in [5.41, 5.74) is 14.7. The van der Waals surface area contributed by atoms with Crippen molar-refractivity contribution in [1.29, 1.82) is 0 Å². The highest BCUT2D eigenvalue weighted by Crippen LogP contribution is 2.37. The Bertz CT molecular complexity index is 739. The Morgan fingerprint density at radius 3 is 2.52 bits per heavy atom. The predicted octanol–water partition coefficient (Wildman–Crippen LogP) is 2.90. The van der Waals surface area contributed by atoms with E-state index in [0.29, 0.717) is 11.7 Å². The third kappa shape index (κ3) is 4.02. The normalized spacial score (nSPS) is 16.3. The minimum absolute atomic E-state index is 0.0717. The number of piperidine rings is 1. The van der Waals surface area contributed by atoms with E-state index in [9.17, 15) is 0 Å². The molecule has 4 N–H and O–H groups in total. The lowest BCUT2D eigenvalue weighted by molar-refractivity contribution is 0.241. The van der Waals surface area contributed by atoms with Crippen molar-refractivity contribution >= 4 is 11.8 Å². The van der Waals surface area contributed by atoms with Crippen LogP contribution in [-0.4, -0.2) is 41.1 Å². The van der Waals surface area contributed by atoms with Crippen molar-refractivity contribution in [3.8, 4) is 16.9 Å². The lowest BCUT2D eigenvalue weighted by Gasteiger charge is -2.29. The molecule has 0 aliphatic carbocycles. The zero-order valence-electron chi connectivity index (χ0n) is 15.2. The van der Waals surface area contributed by atoms with Gasteiger partial charge in [-0.15, -0.1) is 0 Å². The summed E-state index contributed by atoms with van der Waals surface area (Å²) in [6.07, 6.45) is 4.08. The van der Waals surface area contributed by atoms with Gasteiger partial charge in [0.05, 0.1) is 6.10 Å². The highest BCUT2D eigenvalue weighted by Gasteiger charge is 2.21. The second-order valence-corrected chi connectivity index (χ2v) is 7.03. The zero-order valence-corrected chi connectivity index (χ0v) is 15.2. The van der Waals surface area contributed by atoms with E-state index >= 15 is 0 Å². The van der Waals surface area contributed by atoms with Crippen molar-refractivity contribution in [2.75, 3.05) is 31.6 Å². The number of anilines is 2. The predicted molar refractivity (Wildman–Crippen MR) is 102 cm³/mol. The monoisotopic (exact) mass is 341 g/mol. The molecule has 134 valence electrons. The highest BCUT2D eigenvalue weighted by molar-refractivity contribution is 5.78. The van der Waals surface area contributed by atoms with Gasteiger partial charge in [-0.25, -0.2) is 4.98 Å². The van der Waals surface area contributed by atoms with Gasteiger partial charge in [-0.1, -0.05) is 12.1 Å². The molecule has 0 atom stereocenters. The van der Waals surface area contributed by atoms with E-state index in [4.69, 9.17) is 16.2 Å². The van der Waals surface area contributed by atoms with Crippen LogP contribution in [0.4, 0.5) is 11.8 Å². The Hall–Kier alpha value is -2.34. The van der Waals surface area contributed by atoms with Crippen LogP contribution < -0.4 is 16.2 Å². The summed E-state index contributed by atoms with van der Waals surface area (Å²) in [5, 5.41) is 0. The molecule has 1 aromatic carbocycles. The summed E-state index contributed by atoms with van der Waals surface area (Å²) >= 11 is 0. The van der Waals surface area contributed by atoms with Gasteiger partial charge < -0.3 is 21.1 Å². The number of aromatic nitrogens is 2. The minimum atomic E-state index is 0.0717. The summed E-state index contributed by atoms with van der Waals surface area (Å²) in [5.74, 6) is 1.94. The number of rotatable bonds is 4. The molecule has 0 spiro atoms. The van der Waals surface area contributed by atoms with Gasteiger partial charge in [0.25, 0.3) is 0 Å². The number of nitrogen functional groups attached to an aromatic ring is 2. The maximum Gasteiger partial charge on any atom is 0.221 e. The minimum Gasteiger partial charge on any atom is -0.490 e. The Kier molecular flexibility index (Phi) is 5.08. The fourth-order valence-electron chi connectivity index (χ4n) is 3.33. The van der Waals surface area contributed by atoms with E-state index in [1.807, 2.05) is 13.8 Å². The highest BCUT2D eigenvalue weighted by atomic mass is 16.5. The van der Waals surface area contributed by atoms with Gasteiger partial charge in [-0.05, 0) is 64.4 Å². The SMILES string of the molecule is CC(C)Oc1cc(C2CCN(C)CC2)ccc1-c1cnc(N)nc1N. The van der Waals surface area contributed by atoms with E-state index < -0.39 is 0 Å². The third-order valence-electron chi connectivity index (χ3n) is 4.69. The molecule has 2 aromatic rings. The number of hydrogen-bond donors (Lipinski definition) is 2. The largest absolute Gasteiger partial charge is 0.490 e. The Morgan fingerprint density at radius 1 is 1.16 bits per heavy atom. The molecule has 6 nitrogen and oxygen atoms in total. The fraction of sp³-hybridized carbons (Fsp3) is 0.474. The van der Waals surface area contributed by atoms with Gasteiger partial charge in [0, 0.05) is 17.3 Å². The molecule has 1 aromatic heterocycles. The maximum atomic E-state index is 6.08. The smallest absolute Gasteiger partial charge is 0.221 e. The topological polar surface area (TPSA) is 90.3 Å². The molecule has 25 heavy (non-hydrogen) atoms. The molecule has 0 amide bonds. The van der Waals surface area contributed by atoms with Gasteiger partial charge >= 0.3 is 0 Å². The molecule has 0 radical (unpaired) electrons. The second-order valence-electron chi connectivity index (χ2n) is 7.03. The lowest BCUT2D eigenvalue weighted by atomic mass is 9.88. The van der Waals surface area contributed by atoms with Crippen molar-refractivity contribution in [2.24, 2.45) is 0 Å². The van der Waals surface area contributed by atoms with Crippen LogP contribution >= 0.6 is 0 Å². The van der Waals surface area contributed by atoms with E-state index in [0.717, 1.165) is 30.0 Å². The molecule has 2 heterocycles. The molecular formula is C19H27N5O. The number of nitrogens with zero attached hydrogens (tertiary/aromatic N) is 3.